The van der Waals surface area contributed by atoms with Gasteiger partial charge in [-0.3, -0.25) is 33.6 Å². The zero-order valence-electron chi connectivity index (χ0n) is 51.5. The molecule has 0 bridgehead atoms. The Hall–Kier alpha value is -6.11. The Balaban J connectivity index is 2.46. The summed E-state index contributed by atoms with van der Waals surface area (Å²) in [6, 6.07) is 5.03. The van der Waals surface area contributed by atoms with E-state index < -0.39 is 143 Å². The minimum atomic E-state index is -1.53. The summed E-state index contributed by atoms with van der Waals surface area (Å²) < 4.78 is 23.6. The Morgan fingerprint density at radius 1 is 0.542 bits per heavy atom. The zero-order valence-corrected chi connectivity index (χ0v) is 53.2. The Morgan fingerprint density at radius 2 is 1.02 bits per heavy atom. The van der Waals surface area contributed by atoms with Crippen molar-refractivity contribution < 1.29 is 67.2 Å². The SMILES string of the molecule is CC[C@H](C)[C@H](NC(=O)[C@H](Cc1ccccc1)NC(=O)[C@H](C)NC(=O)[C@H](CS)NC(=O)[C@@H](NC(=O)[C@H](COC(C)(C)C)NC(=O)[C@H](Cc1ccc(OC(C)(C)C)cc1)NC(=O)OC(C)(C)C)[C@@H](C)OC(C)(C)C)C(=O)N[C@@H](CCSC)C(=O)O. The van der Waals surface area contributed by atoms with Crippen molar-refractivity contribution in [2.75, 3.05) is 24.4 Å². The maximum absolute atomic E-state index is 14.5. The third-order valence-corrected chi connectivity index (χ3v) is 13.2. The van der Waals surface area contributed by atoms with Crippen molar-refractivity contribution in [3.8, 4) is 5.75 Å². The second-order valence-corrected chi connectivity index (χ2v) is 25.8. The van der Waals surface area contributed by atoms with Gasteiger partial charge in [0.15, 0.2) is 0 Å². The summed E-state index contributed by atoms with van der Waals surface area (Å²) in [6.07, 6.45) is 0.369. The molecule has 2 aromatic rings. The van der Waals surface area contributed by atoms with Crippen LogP contribution < -0.4 is 47.3 Å². The van der Waals surface area contributed by atoms with E-state index in [1.54, 1.807) is 124 Å². The molecule has 0 saturated heterocycles. The quantitative estimate of drug-likeness (QED) is 0.0454. The molecule has 0 spiro atoms. The largest absolute Gasteiger partial charge is 0.488 e. The standard InChI is InChI=1S/C59H94N8O14S2/c1-18-34(2)45(52(73)61-40(54(75)76)28-29-83-17)66-49(70)41(30-37-22-20-19-21-23-37)62-47(68)35(3)60-51(72)44(33-82)64-53(74)46(36(4)79-57(8,9)10)67-50(71)43(32-78-56(5,6)7)63-48(69)42(65-55(77)81-59(14,15)16)31-38-24-26-39(27-25-38)80-58(11,12)13/h19-27,34-36,40-46,82H,18,28-33H2,1-17H3,(H,60,72)(H,61,73)(H,62,68)(H,63,69)(H,64,74)(H,65,77)(H,66,70)(H,67,71)(H,75,76)/t34-,35-,36+,40-,41-,42-,43-,44-,45-,46-/m0/s1. The van der Waals surface area contributed by atoms with E-state index in [1.807, 2.05) is 34.0 Å². The molecule has 0 aliphatic carbocycles. The fourth-order valence-electron chi connectivity index (χ4n) is 7.91. The van der Waals surface area contributed by atoms with Gasteiger partial charge >= 0.3 is 12.1 Å². The fourth-order valence-corrected chi connectivity index (χ4v) is 8.64. The van der Waals surface area contributed by atoms with Crippen molar-refractivity contribution in [1.82, 2.24) is 42.5 Å². The van der Waals surface area contributed by atoms with E-state index >= 15 is 0 Å². The predicted octanol–water partition coefficient (Wildman–Crippen LogP) is 4.79. The van der Waals surface area contributed by atoms with E-state index in [0.29, 0.717) is 29.1 Å². The van der Waals surface area contributed by atoms with Gasteiger partial charge < -0.3 is 66.6 Å². The van der Waals surface area contributed by atoms with E-state index in [-0.39, 0.29) is 25.0 Å². The van der Waals surface area contributed by atoms with Crippen LogP contribution in [0.3, 0.4) is 0 Å². The van der Waals surface area contributed by atoms with Gasteiger partial charge in [0.2, 0.25) is 41.4 Å². The summed E-state index contributed by atoms with van der Waals surface area (Å²) in [5.74, 6) is -6.59. The van der Waals surface area contributed by atoms with Crippen molar-refractivity contribution in [3.63, 3.8) is 0 Å². The maximum atomic E-state index is 14.5. The maximum Gasteiger partial charge on any atom is 0.408 e. The van der Waals surface area contributed by atoms with Crippen molar-refractivity contribution in [3.05, 3.63) is 65.7 Å². The minimum Gasteiger partial charge on any atom is -0.488 e. The molecular formula is C59H94N8O14S2. The summed E-state index contributed by atoms with van der Waals surface area (Å²) in [5, 5.41) is 31.0. The number of hydrogen-bond donors (Lipinski definition) is 10. The first-order valence-electron chi connectivity index (χ1n) is 27.9. The lowest BCUT2D eigenvalue weighted by Crippen LogP contribution is -2.63. The highest BCUT2D eigenvalue weighted by Crippen LogP contribution is 2.21. The number of thioether (sulfide) groups is 1. The number of nitrogens with one attached hydrogen (secondary N) is 8. The number of carboxylic acid groups (broad SMARTS) is 1. The number of benzene rings is 2. The molecule has 2 rings (SSSR count). The topological polar surface area (TPSA) is 307 Å². The number of rotatable bonds is 31. The first kappa shape index (κ1) is 73.0. The molecule has 10 atom stereocenters. The molecular weight excluding hydrogens is 1110 g/mol. The van der Waals surface area contributed by atoms with Crippen LogP contribution in [0.1, 0.15) is 135 Å². The van der Waals surface area contributed by atoms with Crippen LogP contribution in [0.15, 0.2) is 54.6 Å². The predicted molar refractivity (Wildman–Crippen MR) is 323 cm³/mol. The Bertz CT molecular complexity index is 2460. The fraction of sp³-hybridized carbons (Fsp3) is 0.644. The van der Waals surface area contributed by atoms with E-state index in [1.165, 1.54) is 25.6 Å². The summed E-state index contributed by atoms with van der Waals surface area (Å²) in [4.78, 5) is 124. The third kappa shape index (κ3) is 28.4. The molecule has 22 nitrogen and oxygen atoms in total. The van der Waals surface area contributed by atoms with Gasteiger partial charge in [-0.1, -0.05) is 62.7 Å². The number of thiol groups is 1. The molecule has 0 radical (unpaired) electrons. The van der Waals surface area contributed by atoms with Gasteiger partial charge in [-0.15, -0.1) is 0 Å². The van der Waals surface area contributed by atoms with E-state index in [2.05, 4.69) is 55.2 Å². The number of ether oxygens (including phenoxy) is 4. The van der Waals surface area contributed by atoms with Gasteiger partial charge in [0.05, 0.1) is 23.9 Å². The monoisotopic (exact) mass is 1200 g/mol. The zero-order chi connectivity index (χ0) is 63.2. The molecule has 83 heavy (non-hydrogen) atoms. The highest BCUT2D eigenvalue weighted by atomic mass is 32.2. The van der Waals surface area contributed by atoms with Crippen LogP contribution in [-0.2, 0) is 65.4 Å². The summed E-state index contributed by atoms with van der Waals surface area (Å²) >= 11 is 5.77. The van der Waals surface area contributed by atoms with Crippen LogP contribution >= 0.6 is 24.4 Å². The summed E-state index contributed by atoms with van der Waals surface area (Å²) in [5.41, 5.74) is -1.78. The van der Waals surface area contributed by atoms with Gasteiger partial charge in [0, 0.05) is 18.6 Å². The smallest absolute Gasteiger partial charge is 0.408 e. The first-order valence-corrected chi connectivity index (χ1v) is 30.0. The lowest BCUT2D eigenvalue weighted by atomic mass is 9.96. The van der Waals surface area contributed by atoms with Gasteiger partial charge in [0.1, 0.15) is 65.3 Å². The minimum absolute atomic E-state index is 0.0321. The molecule has 2 aromatic carbocycles. The van der Waals surface area contributed by atoms with Gasteiger partial charge in [-0.05, 0) is 145 Å². The van der Waals surface area contributed by atoms with Gasteiger partial charge in [-0.25, -0.2) is 9.59 Å². The summed E-state index contributed by atoms with van der Waals surface area (Å²) in [7, 11) is 0. The van der Waals surface area contributed by atoms with Crippen LogP contribution in [0, 0.1) is 5.92 Å². The number of carbonyl (C=O) groups excluding carboxylic acids is 8. The number of carboxylic acids is 1. The molecule has 0 heterocycles. The second kappa shape index (κ2) is 33.4. The molecule has 0 saturated carbocycles. The average molecular weight is 1200 g/mol. The molecule has 0 aliphatic rings. The molecule has 0 fully saturated rings. The van der Waals surface area contributed by atoms with E-state index in [9.17, 15) is 48.3 Å². The number of amides is 8. The normalized spacial score (nSPS) is 15.6. The Morgan fingerprint density at radius 3 is 1.53 bits per heavy atom. The molecule has 0 unspecified atom stereocenters. The Kier molecular flexibility index (Phi) is 29.4. The van der Waals surface area contributed by atoms with E-state index in [0.717, 1.165) is 0 Å². The second-order valence-electron chi connectivity index (χ2n) is 24.4. The highest BCUT2D eigenvalue weighted by Gasteiger charge is 2.38. The van der Waals surface area contributed by atoms with Gasteiger partial charge in [0.25, 0.3) is 0 Å². The first-order chi connectivity index (χ1) is 38.3. The highest BCUT2D eigenvalue weighted by molar-refractivity contribution is 7.98. The van der Waals surface area contributed by atoms with Crippen LogP contribution in [-0.4, -0.2) is 160 Å². The Labute approximate surface area is 500 Å². The molecule has 8 amide bonds. The number of aliphatic carboxylic acids is 1. The third-order valence-electron chi connectivity index (χ3n) is 12.2. The molecule has 0 aliphatic heterocycles. The van der Waals surface area contributed by atoms with Crippen LogP contribution in [0.4, 0.5) is 4.79 Å². The molecule has 24 heteroatoms. The number of hydrogen-bond acceptors (Lipinski definition) is 15. The van der Waals surface area contributed by atoms with Crippen molar-refractivity contribution in [2.45, 2.75) is 213 Å². The van der Waals surface area contributed by atoms with Crippen molar-refractivity contribution in [2.24, 2.45) is 5.92 Å². The van der Waals surface area contributed by atoms with Crippen molar-refractivity contribution in [1.29, 1.82) is 0 Å². The molecule has 9 N–H and O–H groups in total. The van der Waals surface area contributed by atoms with Crippen molar-refractivity contribution >= 4 is 77.8 Å². The number of alkyl carbamates (subject to hydrolysis) is 1. The van der Waals surface area contributed by atoms with Crippen LogP contribution in [0.5, 0.6) is 5.75 Å². The van der Waals surface area contributed by atoms with E-state index in [4.69, 9.17) is 18.9 Å². The van der Waals surface area contributed by atoms with Crippen LogP contribution in [0.2, 0.25) is 0 Å². The lowest BCUT2D eigenvalue weighted by molar-refractivity contribution is -0.142. The average Bonchev–Trinajstić information content (AvgIpc) is 3.38. The summed E-state index contributed by atoms with van der Waals surface area (Å²) in [6.45, 7) is 27.2. The molecule has 466 valence electrons. The van der Waals surface area contributed by atoms with Crippen LogP contribution in [0.25, 0.3) is 0 Å². The molecule has 0 aromatic heterocycles. The lowest BCUT2D eigenvalue weighted by Gasteiger charge is -2.33. The number of carbonyl (C=O) groups is 9. The van der Waals surface area contributed by atoms with Gasteiger partial charge in [-0.2, -0.15) is 24.4 Å².